The molecule has 2 atom stereocenters. The van der Waals surface area contributed by atoms with E-state index in [9.17, 15) is 5.11 Å². The first-order chi connectivity index (χ1) is 5.22. The Hall–Kier alpha value is -0.0800. The smallest absolute Gasteiger partial charge is 0.0691 e. The van der Waals surface area contributed by atoms with Gasteiger partial charge in [0.15, 0.2) is 0 Å². The molecule has 2 heteroatoms. The Kier molecular flexibility index (Phi) is 6.57. The molecule has 0 aliphatic carbocycles. The lowest BCUT2D eigenvalue weighted by molar-refractivity contribution is 0.128. The van der Waals surface area contributed by atoms with Gasteiger partial charge in [-0.1, -0.05) is 33.1 Å². The number of aliphatic hydroxyl groups is 1. The van der Waals surface area contributed by atoms with Crippen LogP contribution >= 0.6 is 0 Å². The van der Waals surface area contributed by atoms with Crippen LogP contribution in [0, 0.1) is 0 Å². The van der Waals surface area contributed by atoms with Gasteiger partial charge in [-0.15, -0.1) is 0 Å². The Labute approximate surface area is 69.8 Å². The van der Waals surface area contributed by atoms with Crippen molar-refractivity contribution in [3.63, 3.8) is 0 Å². The molecule has 0 rings (SSSR count). The molecule has 0 aliphatic rings. The molecule has 0 aliphatic heterocycles. The normalized spacial score (nSPS) is 16.4. The third kappa shape index (κ3) is 5.22. The maximum absolute atomic E-state index is 9.45. The second-order valence-electron chi connectivity index (χ2n) is 3.16. The second kappa shape index (κ2) is 6.62. The molecule has 0 heterocycles. The predicted molar refractivity (Wildman–Crippen MR) is 48.4 cm³/mol. The fraction of sp³-hybridized carbons (Fsp3) is 1.00. The summed E-state index contributed by atoms with van der Waals surface area (Å²) in [5.41, 5.74) is 5.72. The molecule has 0 fully saturated rings. The number of unbranched alkanes of at least 4 members (excludes halogenated alkanes) is 1. The van der Waals surface area contributed by atoms with Crippen LogP contribution in [-0.2, 0) is 0 Å². The zero-order valence-corrected chi connectivity index (χ0v) is 7.71. The molecule has 0 saturated heterocycles. The van der Waals surface area contributed by atoms with Gasteiger partial charge in [-0.05, 0) is 12.8 Å². The van der Waals surface area contributed by atoms with E-state index in [4.69, 9.17) is 5.73 Å². The van der Waals surface area contributed by atoms with Crippen LogP contribution in [0.4, 0.5) is 0 Å². The summed E-state index contributed by atoms with van der Waals surface area (Å²) in [6.07, 6.45) is 4.79. The minimum absolute atomic E-state index is 0.00782. The molecule has 2 unspecified atom stereocenters. The van der Waals surface area contributed by atoms with E-state index >= 15 is 0 Å². The summed E-state index contributed by atoms with van der Waals surface area (Å²) < 4.78 is 0. The molecule has 0 aromatic rings. The molecule has 0 spiro atoms. The van der Waals surface area contributed by atoms with Gasteiger partial charge in [-0.25, -0.2) is 0 Å². The minimum atomic E-state index is -0.283. The molecule has 2 nitrogen and oxygen atoms in total. The van der Waals surface area contributed by atoms with E-state index in [-0.39, 0.29) is 12.1 Å². The van der Waals surface area contributed by atoms with Crippen molar-refractivity contribution >= 4 is 0 Å². The first kappa shape index (κ1) is 10.9. The van der Waals surface area contributed by atoms with Crippen molar-refractivity contribution < 1.29 is 5.11 Å². The average molecular weight is 159 g/mol. The van der Waals surface area contributed by atoms with Crippen LogP contribution in [0.5, 0.6) is 0 Å². The lowest BCUT2D eigenvalue weighted by Gasteiger charge is -2.17. The number of hydrogen-bond acceptors (Lipinski definition) is 2. The molecule has 0 aromatic carbocycles. The summed E-state index contributed by atoms with van der Waals surface area (Å²) in [6.45, 7) is 4.21. The van der Waals surface area contributed by atoms with E-state index in [2.05, 4.69) is 13.8 Å². The molecule has 68 valence electrons. The molecule has 0 aromatic heterocycles. The van der Waals surface area contributed by atoms with Crippen molar-refractivity contribution in [3.8, 4) is 0 Å². The first-order valence-electron chi connectivity index (χ1n) is 4.66. The molecule has 0 bridgehead atoms. The van der Waals surface area contributed by atoms with Crippen molar-refractivity contribution in [1.29, 1.82) is 0 Å². The topological polar surface area (TPSA) is 46.2 Å². The van der Waals surface area contributed by atoms with Gasteiger partial charge < -0.3 is 10.8 Å². The predicted octanol–water partition coefficient (Wildman–Crippen LogP) is 1.66. The standard InChI is InChI=1S/C9H21NO/c1-3-5-7-9(11)8(10)6-4-2/h8-9,11H,3-7,10H2,1-2H3. The summed E-state index contributed by atoms with van der Waals surface area (Å²) >= 11 is 0. The highest BCUT2D eigenvalue weighted by Crippen LogP contribution is 2.06. The van der Waals surface area contributed by atoms with Crippen LogP contribution in [-0.4, -0.2) is 17.3 Å². The molecule has 0 saturated carbocycles. The largest absolute Gasteiger partial charge is 0.392 e. The SMILES string of the molecule is CCCCC(O)C(N)CCC. The fourth-order valence-electron chi connectivity index (χ4n) is 1.15. The Morgan fingerprint density at radius 2 is 1.82 bits per heavy atom. The molecular formula is C9H21NO. The van der Waals surface area contributed by atoms with Crippen LogP contribution in [0.15, 0.2) is 0 Å². The van der Waals surface area contributed by atoms with Crippen LogP contribution in [0.25, 0.3) is 0 Å². The van der Waals surface area contributed by atoms with Gasteiger partial charge in [-0.3, -0.25) is 0 Å². The van der Waals surface area contributed by atoms with Crippen molar-refractivity contribution in [3.05, 3.63) is 0 Å². The van der Waals surface area contributed by atoms with Crippen LogP contribution in [0.1, 0.15) is 46.0 Å². The highest BCUT2D eigenvalue weighted by Gasteiger charge is 2.11. The Bertz CT molecular complexity index is 85.6. The lowest BCUT2D eigenvalue weighted by atomic mass is 10.0. The van der Waals surface area contributed by atoms with E-state index in [0.29, 0.717) is 0 Å². The minimum Gasteiger partial charge on any atom is -0.392 e. The Morgan fingerprint density at radius 3 is 2.27 bits per heavy atom. The number of rotatable bonds is 6. The zero-order chi connectivity index (χ0) is 8.69. The van der Waals surface area contributed by atoms with Gasteiger partial charge in [-0.2, -0.15) is 0 Å². The monoisotopic (exact) mass is 159 g/mol. The highest BCUT2D eigenvalue weighted by atomic mass is 16.3. The summed E-state index contributed by atoms with van der Waals surface area (Å²) in [7, 11) is 0. The lowest BCUT2D eigenvalue weighted by Crippen LogP contribution is -2.34. The van der Waals surface area contributed by atoms with Crippen molar-refractivity contribution in [2.24, 2.45) is 5.73 Å². The summed E-state index contributed by atoms with van der Waals surface area (Å²) in [6, 6.07) is -0.00782. The maximum atomic E-state index is 9.45. The fourth-order valence-corrected chi connectivity index (χ4v) is 1.15. The summed E-state index contributed by atoms with van der Waals surface area (Å²) in [5, 5.41) is 9.45. The number of nitrogens with two attached hydrogens (primary N) is 1. The molecule has 0 radical (unpaired) electrons. The second-order valence-corrected chi connectivity index (χ2v) is 3.16. The van der Waals surface area contributed by atoms with E-state index in [1.165, 1.54) is 0 Å². The van der Waals surface area contributed by atoms with Crippen molar-refractivity contribution in [1.82, 2.24) is 0 Å². The highest BCUT2D eigenvalue weighted by molar-refractivity contribution is 4.70. The van der Waals surface area contributed by atoms with E-state index in [1.54, 1.807) is 0 Å². The van der Waals surface area contributed by atoms with Gasteiger partial charge in [0.1, 0.15) is 0 Å². The number of hydrogen-bond donors (Lipinski definition) is 2. The first-order valence-corrected chi connectivity index (χ1v) is 4.66. The molecular weight excluding hydrogens is 138 g/mol. The quantitative estimate of drug-likeness (QED) is 0.619. The third-order valence-electron chi connectivity index (χ3n) is 1.97. The van der Waals surface area contributed by atoms with Gasteiger partial charge in [0.05, 0.1) is 6.10 Å². The molecule has 3 N–H and O–H groups in total. The van der Waals surface area contributed by atoms with Gasteiger partial charge in [0, 0.05) is 6.04 Å². The van der Waals surface area contributed by atoms with Crippen LogP contribution < -0.4 is 5.73 Å². The number of aliphatic hydroxyl groups excluding tert-OH is 1. The Morgan fingerprint density at radius 1 is 1.18 bits per heavy atom. The van der Waals surface area contributed by atoms with E-state index in [0.717, 1.165) is 32.1 Å². The summed E-state index contributed by atoms with van der Waals surface area (Å²) in [5.74, 6) is 0. The zero-order valence-electron chi connectivity index (χ0n) is 7.71. The van der Waals surface area contributed by atoms with Gasteiger partial charge in [0.25, 0.3) is 0 Å². The molecule has 0 amide bonds. The Balaban J connectivity index is 3.38. The third-order valence-corrected chi connectivity index (χ3v) is 1.97. The maximum Gasteiger partial charge on any atom is 0.0691 e. The van der Waals surface area contributed by atoms with Crippen LogP contribution in [0.3, 0.4) is 0 Å². The van der Waals surface area contributed by atoms with E-state index in [1.807, 2.05) is 0 Å². The van der Waals surface area contributed by atoms with E-state index < -0.39 is 0 Å². The van der Waals surface area contributed by atoms with Crippen molar-refractivity contribution in [2.75, 3.05) is 0 Å². The van der Waals surface area contributed by atoms with Crippen LogP contribution in [0.2, 0.25) is 0 Å². The van der Waals surface area contributed by atoms with Crippen molar-refractivity contribution in [2.45, 2.75) is 58.1 Å². The van der Waals surface area contributed by atoms with Gasteiger partial charge >= 0.3 is 0 Å². The molecule has 11 heavy (non-hydrogen) atoms. The van der Waals surface area contributed by atoms with Gasteiger partial charge in [0.2, 0.25) is 0 Å². The summed E-state index contributed by atoms with van der Waals surface area (Å²) in [4.78, 5) is 0. The average Bonchev–Trinajstić information content (AvgIpc) is 2.00.